The maximum Gasteiger partial charge on any atom is 0.407 e. The largest absolute Gasteiger partial charge is 0.465 e. The summed E-state index contributed by atoms with van der Waals surface area (Å²) in [6.45, 7) is 1.27. The lowest BCUT2D eigenvalue weighted by atomic mass is 10.2. The van der Waals surface area contributed by atoms with Crippen molar-refractivity contribution in [3.8, 4) is 0 Å². The van der Waals surface area contributed by atoms with Gasteiger partial charge in [-0.05, 0) is 6.42 Å². The lowest BCUT2D eigenvalue weighted by molar-refractivity contribution is -0.0314. The molecule has 5 heteroatoms. The molecule has 1 aliphatic rings. The van der Waals surface area contributed by atoms with E-state index in [2.05, 4.69) is 0 Å². The molecule has 1 rings (SSSR count). The maximum absolute atomic E-state index is 10.5. The molecule has 0 radical (unpaired) electrons. The highest BCUT2D eigenvalue weighted by Gasteiger charge is 2.22. The van der Waals surface area contributed by atoms with Gasteiger partial charge in [-0.1, -0.05) is 0 Å². The third-order valence-electron chi connectivity index (χ3n) is 1.86. The molecule has 0 spiro atoms. The fourth-order valence-electron chi connectivity index (χ4n) is 1.21. The van der Waals surface area contributed by atoms with E-state index in [9.17, 15) is 4.79 Å². The number of morpholine rings is 1. The van der Waals surface area contributed by atoms with Crippen LogP contribution in [0.5, 0.6) is 0 Å². The molecule has 1 aliphatic heterocycles. The van der Waals surface area contributed by atoms with Gasteiger partial charge in [0.05, 0.1) is 19.3 Å². The predicted octanol–water partition coefficient (Wildman–Crippen LogP) is -0.252. The molecule has 1 amide bonds. The number of carboxylic acid groups (broad SMARTS) is 1. The Morgan fingerprint density at radius 3 is 3.00 bits per heavy atom. The molecule has 2 N–H and O–H groups in total. The Labute approximate surface area is 70.5 Å². The molecule has 1 fully saturated rings. The van der Waals surface area contributed by atoms with Gasteiger partial charge >= 0.3 is 6.09 Å². The van der Waals surface area contributed by atoms with E-state index in [0.29, 0.717) is 26.1 Å². The summed E-state index contributed by atoms with van der Waals surface area (Å²) >= 11 is 0. The van der Waals surface area contributed by atoms with Crippen molar-refractivity contribution < 1.29 is 19.7 Å². The Kier molecular flexibility index (Phi) is 3.31. The fraction of sp³-hybridized carbons (Fsp3) is 0.857. The van der Waals surface area contributed by atoms with Gasteiger partial charge in [-0.25, -0.2) is 4.79 Å². The number of amides is 1. The molecule has 1 heterocycles. The van der Waals surface area contributed by atoms with Gasteiger partial charge in [-0.15, -0.1) is 0 Å². The van der Waals surface area contributed by atoms with Crippen LogP contribution in [0.4, 0.5) is 4.79 Å². The number of aliphatic hydroxyl groups excluding tert-OH is 1. The van der Waals surface area contributed by atoms with Crippen molar-refractivity contribution >= 4 is 6.09 Å². The summed E-state index contributed by atoms with van der Waals surface area (Å²) in [5, 5.41) is 17.2. The first kappa shape index (κ1) is 9.28. The maximum atomic E-state index is 10.5. The Morgan fingerprint density at radius 2 is 2.42 bits per heavy atom. The fourth-order valence-corrected chi connectivity index (χ4v) is 1.21. The number of hydrogen-bond donors (Lipinski definition) is 2. The molecular weight excluding hydrogens is 162 g/mol. The monoisotopic (exact) mass is 175 g/mol. The highest BCUT2D eigenvalue weighted by Crippen LogP contribution is 2.07. The third-order valence-corrected chi connectivity index (χ3v) is 1.86. The van der Waals surface area contributed by atoms with Gasteiger partial charge in [-0.2, -0.15) is 0 Å². The van der Waals surface area contributed by atoms with E-state index in [1.165, 1.54) is 4.90 Å². The van der Waals surface area contributed by atoms with Crippen LogP contribution in [0.2, 0.25) is 0 Å². The summed E-state index contributed by atoms with van der Waals surface area (Å²) in [5.41, 5.74) is 0. The van der Waals surface area contributed by atoms with Crippen LogP contribution in [0.15, 0.2) is 0 Å². The smallest absolute Gasteiger partial charge is 0.407 e. The van der Waals surface area contributed by atoms with E-state index in [4.69, 9.17) is 14.9 Å². The molecular formula is C7H13NO4. The summed E-state index contributed by atoms with van der Waals surface area (Å²) in [4.78, 5) is 11.8. The van der Waals surface area contributed by atoms with Crippen molar-refractivity contribution in [2.24, 2.45) is 0 Å². The molecule has 5 nitrogen and oxygen atoms in total. The minimum atomic E-state index is -0.916. The SMILES string of the molecule is O=C(O)N1CCO[C@H](CCO)C1. The normalized spacial score (nSPS) is 24.1. The Balaban J connectivity index is 2.35. The summed E-state index contributed by atoms with van der Waals surface area (Å²) in [6, 6.07) is 0. The molecule has 1 saturated heterocycles. The molecule has 0 aromatic rings. The van der Waals surface area contributed by atoms with Gasteiger partial charge in [0.25, 0.3) is 0 Å². The van der Waals surface area contributed by atoms with Gasteiger partial charge in [-0.3, -0.25) is 0 Å². The van der Waals surface area contributed by atoms with Crippen LogP contribution in [0.25, 0.3) is 0 Å². The van der Waals surface area contributed by atoms with Crippen molar-refractivity contribution in [2.45, 2.75) is 12.5 Å². The van der Waals surface area contributed by atoms with Gasteiger partial charge in [0.15, 0.2) is 0 Å². The van der Waals surface area contributed by atoms with Gasteiger partial charge in [0, 0.05) is 13.2 Å². The Bertz CT molecular complexity index is 159. The number of rotatable bonds is 2. The van der Waals surface area contributed by atoms with Crippen LogP contribution in [-0.2, 0) is 4.74 Å². The number of carbonyl (C=O) groups is 1. The molecule has 1 atom stereocenters. The van der Waals surface area contributed by atoms with Crippen molar-refractivity contribution in [3.05, 3.63) is 0 Å². The second kappa shape index (κ2) is 4.27. The van der Waals surface area contributed by atoms with Crippen LogP contribution < -0.4 is 0 Å². The number of nitrogens with zero attached hydrogens (tertiary/aromatic N) is 1. The quantitative estimate of drug-likeness (QED) is 0.607. The molecule has 0 aromatic heterocycles. The van der Waals surface area contributed by atoms with Crippen LogP contribution in [0.3, 0.4) is 0 Å². The second-order valence-electron chi connectivity index (χ2n) is 2.73. The van der Waals surface area contributed by atoms with E-state index in [1.54, 1.807) is 0 Å². The molecule has 70 valence electrons. The molecule has 0 aromatic carbocycles. The minimum absolute atomic E-state index is 0.0398. The third kappa shape index (κ3) is 2.35. The second-order valence-corrected chi connectivity index (χ2v) is 2.73. The van der Waals surface area contributed by atoms with Crippen molar-refractivity contribution in [1.29, 1.82) is 0 Å². The van der Waals surface area contributed by atoms with E-state index < -0.39 is 6.09 Å². The van der Waals surface area contributed by atoms with Crippen molar-refractivity contribution in [3.63, 3.8) is 0 Å². The average Bonchev–Trinajstić information content (AvgIpc) is 2.05. The number of aliphatic hydroxyl groups is 1. The Hall–Kier alpha value is -0.810. The van der Waals surface area contributed by atoms with Crippen LogP contribution in [0.1, 0.15) is 6.42 Å². The van der Waals surface area contributed by atoms with Crippen molar-refractivity contribution in [1.82, 2.24) is 4.90 Å². The van der Waals surface area contributed by atoms with Crippen molar-refractivity contribution in [2.75, 3.05) is 26.3 Å². The van der Waals surface area contributed by atoms with Gasteiger partial charge < -0.3 is 19.8 Å². The highest BCUT2D eigenvalue weighted by molar-refractivity contribution is 5.65. The minimum Gasteiger partial charge on any atom is -0.465 e. The zero-order valence-electron chi connectivity index (χ0n) is 6.77. The average molecular weight is 175 g/mol. The lowest BCUT2D eigenvalue weighted by Crippen LogP contribution is -2.45. The summed E-state index contributed by atoms with van der Waals surface area (Å²) in [7, 11) is 0. The topological polar surface area (TPSA) is 70.0 Å². The first-order chi connectivity index (χ1) is 5.74. The molecule has 0 aliphatic carbocycles. The van der Waals surface area contributed by atoms with Gasteiger partial charge in [0.1, 0.15) is 0 Å². The number of ether oxygens (including phenoxy) is 1. The standard InChI is InChI=1S/C7H13NO4/c9-3-1-6-5-8(7(10)11)2-4-12-6/h6,9H,1-5H2,(H,10,11)/t6-/m1/s1. The molecule has 0 unspecified atom stereocenters. The summed E-state index contributed by atoms with van der Waals surface area (Å²) < 4.78 is 5.23. The number of hydrogen-bond acceptors (Lipinski definition) is 3. The molecule has 0 bridgehead atoms. The molecule has 12 heavy (non-hydrogen) atoms. The van der Waals surface area contributed by atoms with Crippen LogP contribution >= 0.6 is 0 Å². The van der Waals surface area contributed by atoms with Gasteiger partial charge in [0.2, 0.25) is 0 Å². The summed E-state index contributed by atoms with van der Waals surface area (Å²) in [6.07, 6.45) is -0.551. The zero-order valence-corrected chi connectivity index (χ0v) is 6.77. The zero-order chi connectivity index (χ0) is 8.97. The van der Waals surface area contributed by atoms with E-state index in [1.807, 2.05) is 0 Å². The Morgan fingerprint density at radius 1 is 1.67 bits per heavy atom. The van der Waals surface area contributed by atoms with E-state index in [-0.39, 0.29) is 12.7 Å². The first-order valence-corrected chi connectivity index (χ1v) is 3.94. The lowest BCUT2D eigenvalue weighted by Gasteiger charge is -2.30. The first-order valence-electron chi connectivity index (χ1n) is 3.94. The molecule has 0 saturated carbocycles. The van der Waals surface area contributed by atoms with E-state index in [0.717, 1.165) is 0 Å². The van der Waals surface area contributed by atoms with E-state index >= 15 is 0 Å². The van der Waals surface area contributed by atoms with Crippen LogP contribution in [-0.4, -0.2) is 53.6 Å². The highest BCUT2D eigenvalue weighted by atomic mass is 16.5. The van der Waals surface area contributed by atoms with Crippen LogP contribution in [0, 0.1) is 0 Å². The predicted molar refractivity (Wildman–Crippen MR) is 41.0 cm³/mol. The summed E-state index contributed by atoms with van der Waals surface area (Å²) in [5.74, 6) is 0.